The highest BCUT2D eigenvalue weighted by Gasteiger charge is 2.08. The molecule has 0 atom stereocenters. The molecule has 0 saturated carbocycles. The number of para-hydroxylation sites is 1. The Morgan fingerprint density at radius 3 is 2.38 bits per heavy atom. The minimum absolute atomic E-state index is 0.0674. The molecule has 0 aliphatic carbocycles. The van der Waals surface area contributed by atoms with E-state index in [0.717, 1.165) is 5.56 Å². The predicted octanol–water partition coefficient (Wildman–Crippen LogP) is 3.41. The zero-order chi connectivity index (χ0) is 17.4. The lowest BCUT2D eigenvalue weighted by atomic mass is 10.1. The molecule has 0 amide bonds. The largest absolute Gasteiger partial charge is 0.496 e. The van der Waals surface area contributed by atoms with Crippen molar-refractivity contribution in [1.29, 1.82) is 0 Å². The van der Waals surface area contributed by atoms with Gasteiger partial charge in [0.15, 0.2) is 12.4 Å². The minimum atomic E-state index is -0.477. The smallest absolute Gasteiger partial charge is 0.344 e. The van der Waals surface area contributed by atoms with E-state index >= 15 is 0 Å². The fourth-order valence-corrected chi connectivity index (χ4v) is 2.11. The molecule has 2 aromatic carbocycles. The molecule has 2 aromatic rings. The van der Waals surface area contributed by atoms with Gasteiger partial charge in [-0.05, 0) is 30.3 Å². The highest BCUT2D eigenvalue weighted by atomic mass is 16.6. The van der Waals surface area contributed by atoms with E-state index < -0.39 is 5.97 Å². The van der Waals surface area contributed by atoms with Crippen LogP contribution in [0.4, 0.5) is 0 Å². The number of rotatable bonds is 8. The van der Waals surface area contributed by atoms with Gasteiger partial charge < -0.3 is 14.2 Å². The van der Waals surface area contributed by atoms with E-state index in [1.165, 1.54) is 0 Å². The molecule has 0 bridgehead atoms. The Kier molecular flexibility index (Phi) is 6.37. The van der Waals surface area contributed by atoms with Gasteiger partial charge in [-0.1, -0.05) is 25.1 Å². The first kappa shape index (κ1) is 17.5. The van der Waals surface area contributed by atoms with Crippen LogP contribution in [-0.4, -0.2) is 25.5 Å². The van der Waals surface area contributed by atoms with Crippen molar-refractivity contribution >= 4 is 11.8 Å². The Morgan fingerprint density at radius 2 is 1.71 bits per heavy atom. The number of hydrogen-bond acceptors (Lipinski definition) is 5. The van der Waals surface area contributed by atoms with Crippen LogP contribution >= 0.6 is 0 Å². The van der Waals surface area contributed by atoms with Crippen molar-refractivity contribution < 1.29 is 23.8 Å². The van der Waals surface area contributed by atoms with Crippen LogP contribution in [0.2, 0.25) is 0 Å². The fraction of sp³-hybridized carbons (Fsp3) is 0.263. The first-order valence-electron chi connectivity index (χ1n) is 7.67. The number of benzene rings is 2. The molecular weight excluding hydrogens is 308 g/mol. The van der Waals surface area contributed by atoms with Gasteiger partial charge in [0.1, 0.15) is 18.1 Å². The monoisotopic (exact) mass is 328 g/mol. The Bertz CT molecular complexity index is 691. The lowest BCUT2D eigenvalue weighted by Gasteiger charge is -2.10. The van der Waals surface area contributed by atoms with Crippen LogP contribution in [-0.2, 0) is 16.1 Å². The maximum atomic E-state index is 11.8. The van der Waals surface area contributed by atoms with Gasteiger partial charge in [-0.15, -0.1) is 0 Å². The average molecular weight is 328 g/mol. The van der Waals surface area contributed by atoms with E-state index in [1.807, 2.05) is 25.1 Å². The zero-order valence-corrected chi connectivity index (χ0v) is 13.8. The fourth-order valence-electron chi connectivity index (χ4n) is 2.11. The van der Waals surface area contributed by atoms with E-state index in [1.54, 1.807) is 37.4 Å². The van der Waals surface area contributed by atoms with Crippen molar-refractivity contribution in [3.63, 3.8) is 0 Å². The third kappa shape index (κ3) is 4.84. The van der Waals surface area contributed by atoms with Crippen molar-refractivity contribution in [2.45, 2.75) is 20.0 Å². The van der Waals surface area contributed by atoms with Crippen LogP contribution in [0.5, 0.6) is 11.5 Å². The van der Waals surface area contributed by atoms with Gasteiger partial charge in [0.2, 0.25) is 0 Å². The maximum absolute atomic E-state index is 11.8. The topological polar surface area (TPSA) is 61.8 Å². The molecule has 24 heavy (non-hydrogen) atoms. The number of carbonyl (C=O) groups excluding carboxylic acids is 2. The zero-order valence-electron chi connectivity index (χ0n) is 13.8. The van der Waals surface area contributed by atoms with Crippen LogP contribution in [0.3, 0.4) is 0 Å². The summed E-state index contributed by atoms with van der Waals surface area (Å²) in [5.74, 6) is 0.770. The molecule has 0 aliphatic heterocycles. The minimum Gasteiger partial charge on any atom is -0.496 e. The van der Waals surface area contributed by atoms with Gasteiger partial charge in [0, 0.05) is 17.5 Å². The molecule has 0 heterocycles. The molecule has 2 rings (SSSR count). The summed E-state index contributed by atoms with van der Waals surface area (Å²) in [6.45, 7) is 1.73. The van der Waals surface area contributed by atoms with Crippen molar-refractivity contribution in [3.8, 4) is 11.5 Å². The SMILES string of the molecule is CCC(=O)c1ccc(OCC(=O)OCc2ccccc2OC)cc1. The summed E-state index contributed by atoms with van der Waals surface area (Å²) in [6.07, 6.45) is 0.454. The molecule has 0 aliphatic rings. The lowest BCUT2D eigenvalue weighted by molar-refractivity contribution is -0.147. The summed E-state index contributed by atoms with van der Waals surface area (Å²) in [5, 5.41) is 0. The second kappa shape index (κ2) is 8.72. The number of carbonyl (C=O) groups is 2. The summed E-state index contributed by atoms with van der Waals surface area (Å²) in [7, 11) is 1.57. The van der Waals surface area contributed by atoms with Crippen LogP contribution < -0.4 is 9.47 Å². The highest BCUT2D eigenvalue weighted by molar-refractivity contribution is 5.95. The van der Waals surface area contributed by atoms with Gasteiger partial charge in [0.25, 0.3) is 0 Å². The molecule has 0 N–H and O–H groups in total. The maximum Gasteiger partial charge on any atom is 0.344 e. The molecular formula is C19H20O5. The number of methoxy groups -OCH3 is 1. The van der Waals surface area contributed by atoms with Gasteiger partial charge in [-0.3, -0.25) is 4.79 Å². The van der Waals surface area contributed by atoms with Gasteiger partial charge in [-0.25, -0.2) is 4.79 Å². The van der Waals surface area contributed by atoms with Crippen LogP contribution in [0.25, 0.3) is 0 Å². The van der Waals surface area contributed by atoms with E-state index in [9.17, 15) is 9.59 Å². The standard InChI is InChI=1S/C19H20O5/c1-3-17(20)14-8-10-16(11-9-14)23-13-19(21)24-12-15-6-4-5-7-18(15)22-2/h4-11H,3,12-13H2,1-2H3. The van der Waals surface area contributed by atoms with E-state index in [4.69, 9.17) is 14.2 Å². The normalized spacial score (nSPS) is 10.1. The molecule has 0 saturated heterocycles. The molecule has 0 radical (unpaired) electrons. The number of hydrogen-bond donors (Lipinski definition) is 0. The number of esters is 1. The van der Waals surface area contributed by atoms with Crippen molar-refractivity contribution in [1.82, 2.24) is 0 Å². The van der Waals surface area contributed by atoms with Crippen molar-refractivity contribution in [3.05, 3.63) is 59.7 Å². The third-order valence-corrected chi connectivity index (χ3v) is 3.44. The molecule has 0 unspecified atom stereocenters. The van der Waals surface area contributed by atoms with Crippen LogP contribution in [0.1, 0.15) is 29.3 Å². The Morgan fingerprint density at radius 1 is 1.00 bits per heavy atom. The number of ether oxygens (including phenoxy) is 3. The molecule has 5 nitrogen and oxygen atoms in total. The third-order valence-electron chi connectivity index (χ3n) is 3.44. The molecule has 0 spiro atoms. The Hall–Kier alpha value is -2.82. The second-order valence-electron chi connectivity index (χ2n) is 5.06. The van der Waals surface area contributed by atoms with Gasteiger partial charge in [0.05, 0.1) is 7.11 Å². The molecule has 0 fully saturated rings. The Labute approximate surface area is 141 Å². The van der Waals surface area contributed by atoms with Crippen LogP contribution in [0.15, 0.2) is 48.5 Å². The van der Waals surface area contributed by atoms with E-state index in [0.29, 0.717) is 23.5 Å². The van der Waals surface area contributed by atoms with Crippen LogP contribution in [0, 0.1) is 0 Å². The summed E-state index contributed by atoms with van der Waals surface area (Å²) in [5.41, 5.74) is 1.42. The van der Waals surface area contributed by atoms with Gasteiger partial charge >= 0.3 is 5.97 Å². The van der Waals surface area contributed by atoms with E-state index in [-0.39, 0.29) is 19.0 Å². The summed E-state index contributed by atoms with van der Waals surface area (Å²) < 4.78 is 15.7. The first-order chi connectivity index (χ1) is 11.6. The first-order valence-corrected chi connectivity index (χ1v) is 7.67. The van der Waals surface area contributed by atoms with Crippen molar-refractivity contribution in [2.75, 3.05) is 13.7 Å². The average Bonchev–Trinajstić information content (AvgIpc) is 2.64. The van der Waals surface area contributed by atoms with Crippen molar-refractivity contribution in [2.24, 2.45) is 0 Å². The van der Waals surface area contributed by atoms with Gasteiger partial charge in [-0.2, -0.15) is 0 Å². The summed E-state index contributed by atoms with van der Waals surface area (Å²) >= 11 is 0. The summed E-state index contributed by atoms with van der Waals surface area (Å²) in [4.78, 5) is 23.3. The molecule has 5 heteroatoms. The van der Waals surface area contributed by atoms with E-state index in [2.05, 4.69) is 0 Å². The number of Topliss-reactive ketones (excluding diaryl/α,β-unsaturated/α-hetero) is 1. The number of ketones is 1. The predicted molar refractivity (Wildman–Crippen MR) is 89.3 cm³/mol. The Balaban J connectivity index is 1.82. The highest BCUT2D eigenvalue weighted by Crippen LogP contribution is 2.18. The molecule has 126 valence electrons. The summed E-state index contributed by atoms with van der Waals surface area (Å²) in [6, 6.07) is 14.0. The lowest BCUT2D eigenvalue weighted by Crippen LogP contribution is -2.15. The quantitative estimate of drug-likeness (QED) is 0.549. The second-order valence-corrected chi connectivity index (χ2v) is 5.06. The molecule has 0 aromatic heterocycles.